The number of thioether (sulfide) groups is 1. The maximum atomic E-state index is 13.3. The largest absolute Gasteiger partial charge is 0.296 e. The van der Waals surface area contributed by atoms with Crippen molar-refractivity contribution in [1.82, 2.24) is 10.2 Å². The minimum Gasteiger partial charge on any atom is -0.296 e. The van der Waals surface area contributed by atoms with E-state index < -0.39 is 17.5 Å². The van der Waals surface area contributed by atoms with Gasteiger partial charge in [-0.25, -0.2) is 8.78 Å². The molecule has 0 saturated heterocycles. The Morgan fingerprint density at radius 2 is 1.88 bits per heavy atom. The Morgan fingerprint density at radius 3 is 2.62 bits per heavy atom. The van der Waals surface area contributed by atoms with Crippen molar-refractivity contribution in [2.75, 3.05) is 5.32 Å². The van der Waals surface area contributed by atoms with Crippen LogP contribution in [0.15, 0.2) is 40.7 Å². The van der Waals surface area contributed by atoms with Gasteiger partial charge in [-0.3, -0.25) is 10.1 Å². The van der Waals surface area contributed by atoms with Crippen molar-refractivity contribution < 1.29 is 13.6 Å². The monoisotopic (exact) mass is 411 g/mol. The highest BCUT2D eigenvalue weighted by Gasteiger charge is 2.17. The molecule has 3 rings (SSSR count). The molecule has 0 fully saturated rings. The van der Waals surface area contributed by atoms with Crippen LogP contribution in [0, 0.1) is 18.6 Å². The van der Waals surface area contributed by atoms with Gasteiger partial charge in [0.15, 0.2) is 16.0 Å². The van der Waals surface area contributed by atoms with Crippen molar-refractivity contribution in [2.24, 2.45) is 0 Å². The van der Waals surface area contributed by atoms with E-state index in [1.807, 2.05) is 31.2 Å². The van der Waals surface area contributed by atoms with E-state index >= 15 is 0 Å². The molecule has 134 valence electrons. The van der Waals surface area contributed by atoms with Crippen molar-refractivity contribution in [3.8, 4) is 0 Å². The molecule has 0 saturated carbocycles. The standard InChI is InChI=1S/C17H12ClF2N3OS2/c1-9-2-4-10(5-3-9)8-25-17-23-22-16(26-17)21-15(24)11-6-13(19)14(20)7-12(11)18/h2-7H,8H2,1H3,(H,21,22,24). The molecule has 1 aromatic heterocycles. The highest BCUT2D eigenvalue weighted by molar-refractivity contribution is 8.00. The molecular weight excluding hydrogens is 400 g/mol. The molecule has 0 radical (unpaired) electrons. The van der Waals surface area contributed by atoms with E-state index in [9.17, 15) is 13.6 Å². The van der Waals surface area contributed by atoms with Crippen molar-refractivity contribution >= 4 is 45.7 Å². The van der Waals surface area contributed by atoms with Gasteiger partial charge in [-0.2, -0.15) is 0 Å². The van der Waals surface area contributed by atoms with E-state index in [0.717, 1.165) is 23.4 Å². The molecule has 9 heteroatoms. The molecule has 3 aromatic rings. The smallest absolute Gasteiger partial charge is 0.259 e. The second-order valence-corrected chi connectivity index (χ2v) is 7.95. The lowest BCUT2D eigenvalue weighted by atomic mass is 10.2. The molecule has 0 unspecified atom stereocenters. The van der Waals surface area contributed by atoms with Crippen LogP contribution in [-0.4, -0.2) is 16.1 Å². The van der Waals surface area contributed by atoms with Gasteiger partial charge in [0.25, 0.3) is 5.91 Å². The first-order valence-corrected chi connectivity index (χ1v) is 9.58. The lowest BCUT2D eigenvalue weighted by Gasteiger charge is -2.04. The summed E-state index contributed by atoms with van der Waals surface area (Å²) in [5, 5.41) is 10.4. The molecule has 0 aliphatic carbocycles. The summed E-state index contributed by atoms with van der Waals surface area (Å²) in [4.78, 5) is 12.2. The van der Waals surface area contributed by atoms with Crippen LogP contribution in [0.2, 0.25) is 5.02 Å². The summed E-state index contributed by atoms with van der Waals surface area (Å²) < 4.78 is 27.1. The molecule has 1 amide bonds. The second kappa shape index (κ2) is 8.11. The predicted molar refractivity (Wildman–Crippen MR) is 100.0 cm³/mol. The van der Waals surface area contributed by atoms with Crippen LogP contribution in [0.4, 0.5) is 13.9 Å². The number of hydrogen-bond donors (Lipinski definition) is 1. The first kappa shape index (κ1) is 18.8. The summed E-state index contributed by atoms with van der Waals surface area (Å²) in [6.45, 7) is 2.02. The Balaban J connectivity index is 1.63. The molecule has 0 bridgehead atoms. The normalized spacial score (nSPS) is 10.8. The number of benzene rings is 2. The second-order valence-electron chi connectivity index (χ2n) is 5.35. The van der Waals surface area contributed by atoms with Gasteiger partial charge in [0.05, 0.1) is 10.6 Å². The van der Waals surface area contributed by atoms with Gasteiger partial charge in [0, 0.05) is 5.75 Å². The molecule has 26 heavy (non-hydrogen) atoms. The number of aromatic nitrogens is 2. The Bertz CT molecular complexity index is 948. The lowest BCUT2D eigenvalue weighted by molar-refractivity contribution is 0.102. The average Bonchev–Trinajstić information content (AvgIpc) is 3.05. The molecular formula is C17H12ClF2N3OS2. The van der Waals surface area contributed by atoms with Crippen molar-refractivity contribution in [2.45, 2.75) is 17.0 Å². The third kappa shape index (κ3) is 4.57. The van der Waals surface area contributed by atoms with Gasteiger partial charge >= 0.3 is 0 Å². The quantitative estimate of drug-likeness (QED) is 0.350. The van der Waals surface area contributed by atoms with E-state index in [0.29, 0.717) is 4.34 Å². The first-order valence-electron chi connectivity index (χ1n) is 7.40. The zero-order valence-corrected chi connectivity index (χ0v) is 15.8. The Kier molecular flexibility index (Phi) is 5.85. The number of nitrogens with zero attached hydrogens (tertiary/aromatic N) is 2. The highest BCUT2D eigenvalue weighted by atomic mass is 35.5. The maximum absolute atomic E-state index is 13.3. The fourth-order valence-electron chi connectivity index (χ4n) is 2.01. The number of aryl methyl sites for hydroxylation is 1. The first-order chi connectivity index (χ1) is 12.4. The predicted octanol–water partition coefficient (Wildman–Crippen LogP) is 5.32. The molecule has 1 heterocycles. The number of halogens is 3. The molecule has 0 aliphatic heterocycles. The summed E-state index contributed by atoms with van der Waals surface area (Å²) in [7, 11) is 0. The fraction of sp³-hybridized carbons (Fsp3) is 0.118. The van der Waals surface area contributed by atoms with E-state index in [1.54, 1.807) is 0 Å². The summed E-state index contributed by atoms with van der Waals surface area (Å²) in [6, 6.07) is 9.66. The highest BCUT2D eigenvalue weighted by Crippen LogP contribution is 2.29. The summed E-state index contributed by atoms with van der Waals surface area (Å²) in [5.41, 5.74) is 2.17. The van der Waals surface area contributed by atoms with Gasteiger partial charge in [-0.05, 0) is 24.6 Å². The third-order valence-corrected chi connectivity index (χ3v) is 5.72. The molecule has 0 aliphatic rings. The van der Waals surface area contributed by atoms with Crippen LogP contribution < -0.4 is 5.32 Å². The van der Waals surface area contributed by atoms with Crippen molar-refractivity contribution in [3.05, 3.63) is 69.7 Å². The van der Waals surface area contributed by atoms with Gasteiger partial charge in [0.2, 0.25) is 5.13 Å². The summed E-state index contributed by atoms with van der Waals surface area (Å²) in [6.07, 6.45) is 0. The minimum absolute atomic E-state index is 0.172. The zero-order valence-electron chi connectivity index (χ0n) is 13.4. The Morgan fingerprint density at radius 1 is 1.19 bits per heavy atom. The number of anilines is 1. The van der Waals surface area contributed by atoms with Gasteiger partial charge in [0.1, 0.15) is 0 Å². The fourth-order valence-corrected chi connectivity index (χ4v) is 3.95. The Labute approximate surface area is 161 Å². The topological polar surface area (TPSA) is 54.9 Å². The van der Waals surface area contributed by atoms with Gasteiger partial charge in [-0.1, -0.05) is 64.5 Å². The van der Waals surface area contributed by atoms with E-state index in [-0.39, 0.29) is 15.7 Å². The molecule has 4 nitrogen and oxygen atoms in total. The van der Waals surface area contributed by atoms with E-state index in [4.69, 9.17) is 11.6 Å². The van der Waals surface area contributed by atoms with Crippen LogP contribution >= 0.6 is 34.7 Å². The molecule has 2 aromatic carbocycles. The van der Waals surface area contributed by atoms with Crippen LogP contribution in [0.5, 0.6) is 0 Å². The Hall–Kier alpha value is -2.03. The average molecular weight is 412 g/mol. The van der Waals surface area contributed by atoms with Crippen LogP contribution in [0.3, 0.4) is 0 Å². The number of nitrogens with one attached hydrogen (secondary N) is 1. The SMILES string of the molecule is Cc1ccc(CSc2nnc(NC(=O)c3cc(F)c(F)cc3Cl)s2)cc1. The van der Waals surface area contributed by atoms with E-state index in [2.05, 4.69) is 15.5 Å². The number of carbonyl (C=O) groups is 1. The van der Waals surface area contributed by atoms with Crippen LogP contribution in [0.25, 0.3) is 0 Å². The summed E-state index contributed by atoms with van der Waals surface area (Å²) >= 11 is 8.47. The number of amides is 1. The third-order valence-electron chi connectivity index (χ3n) is 3.36. The molecule has 1 N–H and O–H groups in total. The number of hydrogen-bond acceptors (Lipinski definition) is 5. The van der Waals surface area contributed by atoms with Crippen LogP contribution in [0.1, 0.15) is 21.5 Å². The molecule has 0 atom stereocenters. The van der Waals surface area contributed by atoms with Crippen molar-refractivity contribution in [3.63, 3.8) is 0 Å². The number of rotatable bonds is 5. The van der Waals surface area contributed by atoms with Gasteiger partial charge < -0.3 is 0 Å². The van der Waals surface area contributed by atoms with Crippen molar-refractivity contribution in [1.29, 1.82) is 0 Å². The summed E-state index contributed by atoms with van der Waals surface area (Å²) in [5.74, 6) is -2.22. The maximum Gasteiger partial charge on any atom is 0.259 e. The van der Waals surface area contributed by atoms with Gasteiger partial charge in [-0.15, -0.1) is 10.2 Å². The lowest BCUT2D eigenvalue weighted by Crippen LogP contribution is -2.13. The number of carbonyl (C=O) groups excluding carboxylic acids is 1. The zero-order chi connectivity index (χ0) is 18.7. The minimum atomic E-state index is -1.15. The van der Waals surface area contributed by atoms with Crippen LogP contribution in [-0.2, 0) is 5.75 Å². The molecule has 0 spiro atoms. The van der Waals surface area contributed by atoms with E-state index in [1.165, 1.54) is 28.7 Å².